The largest absolute Gasteiger partial charge is 0.328 e. The fourth-order valence-corrected chi connectivity index (χ4v) is 1.32. The summed E-state index contributed by atoms with van der Waals surface area (Å²) in [5.41, 5.74) is 7.11. The van der Waals surface area contributed by atoms with E-state index in [1.54, 1.807) is 11.7 Å². The first kappa shape index (κ1) is 8.36. The maximum absolute atomic E-state index is 11.2. The highest BCUT2D eigenvalue weighted by Gasteiger charge is 2.08. The van der Waals surface area contributed by atoms with Crippen LogP contribution in [0, 0.1) is 0 Å². The predicted molar refractivity (Wildman–Crippen MR) is 44.7 cm³/mol. The van der Waals surface area contributed by atoms with Crippen LogP contribution in [0.1, 0.15) is 23.0 Å². The average molecular weight is 170 g/mol. The summed E-state index contributed by atoms with van der Waals surface area (Å²) in [4.78, 5) is 15.7. The summed E-state index contributed by atoms with van der Waals surface area (Å²) >= 11 is 1.36. The third-order valence-electron chi connectivity index (χ3n) is 1.21. The molecule has 1 unspecified atom stereocenters. The number of ketones is 1. The fourth-order valence-electron chi connectivity index (χ4n) is 0.747. The van der Waals surface area contributed by atoms with Gasteiger partial charge in [0.15, 0.2) is 5.78 Å². The molecule has 3 nitrogen and oxygen atoms in total. The molecule has 0 amide bonds. The molecule has 1 aromatic heterocycles. The number of carbonyl (C=O) groups is 1. The number of hydrogen-bond donors (Lipinski definition) is 1. The summed E-state index contributed by atoms with van der Waals surface area (Å²) < 4.78 is 0. The second kappa shape index (κ2) is 3.59. The van der Waals surface area contributed by atoms with Gasteiger partial charge in [0.25, 0.3) is 0 Å². The number of carbonyl (C=O) groups excluding carboxylic acids is 1. The van der Waals surface area contributed by atoms with Crippen LogP contribution in [0.3, 0.4) is 0 Å². The maximum atomic E-state index is 11.2. The number of Topliss-reactive ketones (excluding diaryl/α,β-unsaturated/α-hetero) is 1. The molecule has 0 aliphatic carbocycles. The minimum Gasteiger partial charge on any atom is -0.328 e. The maximum Gasteiger partial charge on any atom is 0.175 e. The van der Waals surface area contributed by atoms with Gasteiger partial charge < -0.3 is 5.73 Å². The Hall–Kier alpha value is -0.740. The highest BCUT2D eigenvalue weighted by Crippen LogP contribution is 2.09. The summed E-state index contributed by atoms with van der Waals surface area (Å²) in [6.07, 6.45) is 1.98. The Kier molecular flexibility index (Phi) is 2.73. The molecule has 1 heterocycles. The van der Waals surface area contributed by atoms with Crippen LogP contribution < -0.4 is 5.73 Å². The standard InChI is InChI=1S/C7H10N2OS/c1-5(8)2-6(10)7-3-9-4-11-7/h3-5H,2,8H2,1H3. The smallest absolute Gasteiger partial charge is 0.175 e. The molecular weight excluding hydrogens is 160 g/mol. The van der Waals surface area contributed by atoms with Crippen LogP contribution >= 0.6 is 11.3 Å². The lowest BCUT2D eigenvalue weighted by Gasteiger charge is -1.99. The molecule has 0 saturated heterocycles. The van der Waals surface area contributed by atoms with E-state index in [0.29, 0.717) is 11.3 Å². The van der Waals surface area contributed by atoms with E-state index in [0.717, 1.165) is 0 Å². The first-order valence-electron chi connectivity index (χ1n) is 3.37. The van der Waals surface area contributed by atoms with Crippen LogP contribution in [0.15, 0.2) is 11.7 Å². The van der Waals surface area contributed by atoms with Crippen LogP contribution in [0.4, 0.5) is 0 Å². The number of hydrogen-bond acceptors (Lipinski definition) is 4. The van der Waals surface area contributed by atoms with Crippen LogP contribution in [-0.2, 0) is 0 Å². The predicted octanol–water partition coefficient (Wildman–Crippen LogP) is 1.06. The molecule has 0 radical (unpaired) electrons. The van der Waals surface area contributed by atoms with Crippen LogP contribution in [0.2, 0.25) is 0 Å². The van der Waals surface area contributed by atoms with Crippen LogP contribution in [-0.4, -0.2) is 16.8 Å². The second-order valence-corrected chi connectivity index (χ2v) is 3.36. The molecule has 60 valence electrons. The van der Waals surface area contributed by atoms with E-state index in [-0.39, 0.29) is 11.8 Å². The van der Waals surface area contributed by atoms with Gasteiger partial charge in [-0.05, 0) is 6.92 Å². The molecule has 0 aromatic carbocycles. The average Bonchev–Trinajstić information content (AvgIpc) is 2.35. The SMILES string of the molecule is CC(N)CC(=O)c1cncs1. The van der Waals surface area contributed by atoms with E-state index in [9.17, 15) is 4.79 Å². The van der Waals surface area contributed by atoms with Gasteiger partial charge in [0, 0.05) is 18.7 Å². The minimum atomic E-state index is -0.0652. The molecule has 2 N–H and O–H groups in total. The Balaban J connectivity index is 2.57. The second-order valence-electron chi connectivity index (χ2n) is 2.47. The third kappa shape index (κ3) is 2.40. The quantitative estimate of drug-likeness (QED) is 0.690. The van der Waals surface area contributed by atoms with Gasteiger partial charge in [0.2, 0.25) is 0 Å². The molecule has 11 heavy (non-hydrogen) atoms. The molecule has 4 heteroatoms. The molecule has 1 atom stereocenters. The number of thiazole rings is 1. The van der Waals surface area contributed by atoms with E-state index in [4.69, 9.17) is 5.73 Å². The lowest BCUT2D eigenvalue weighted by Crippen LogP contribution is -2.19. The molecule has 1 aromatic rings. The van der Waals surface area contributed by atoms with Crippen molar-refractivity contribution < 1.29 is 4.79 Å². The van der Waals surface area contributed by atoms with E-state index in [1.807, 2.05) is 6.92 Å². The lowest BCUT2D eigenvalue weighted by molar-refractivity contribution is 0.0980. The van der Waals surface area contributed by atoms with Crippen molar-refractivity contribution in [3.8, 4) is 0 Å². The van der Waals surface area contributed by atoms with Gasteiger partial charge in [-0.3, -0.25) is 9.78 Å². The summed E-state index contributed by atoms with van der Waals surface area (Å²) in [7, 11) is 0. The van der Waals surface area contributed by atoms with E-state index in [2.05, 4.69) is 4.98 Å². The molecular formula is C7H10N2OS. The zero-order chi connectivity index (χ0) is 8.27. The number of rotatable bonds is 3. The molecule has 0 bridgehead atoms. The minimum absolute atomic E-state index is 0.0652. The topological polar surface area (TPSA) is 56.0 Å². The fraction of sp³-hybridized carbons (Fsp3) is 0.429. The van der Waals surface area contributed by atoms with Gasteiger partial charge in [-0.2, -0.15) is 0 Å². The summed E-state index contributed by atoms with van der Waals surface area (Å²) in [5, 5.41) is 0. The Bertz CT molecular complexity index is 231. The number of nitrogens with two attached hydrogens (primary N) is 1. The van der Waals surface area contributed by atoms with Gasteiger partial charge in [0.05, 0.1) is 10.4 Å². The Morgan fingerprint density at radius 3 is 3.09 bits per heavy atom. The summed E-state index contributed by atoms with van der Waals surface area (Å²) in [6, 6.07) is -0.0652. The zero-order valence-corrected chi connectivity index (χ0v) is 7.10. The zero-order valence-electron chi connectivity index (χ0n) is 6.28. The Morgan fingerprint density at radius 1 is 1.91 bits per heavy atom. The normalized spacial score (nSPS) is 12.9. The Labute approximate surface area is 69.3 Å². The van der Waals surface area contributed by atoms with Gasteiger partial charge in [0.1, 0.15) is 0 Å². The van der Waals surface area contributed by atoms with Crippen LogP contribution in [0.25, 0.3) is 0 Å². The third-order valence-corrected chi connectivity index (χ3v) is 2.03. The highest BCUT2D eigenvalue weighted by molar-refractivity contribution is 7.11. The summed E-state index contributed by atoms with van der Waals surface area (Å²) in [6.45, 7) is 1.82. The molecule has 1 rings (SSSR count). The van der Waals surface area contributed by atoms with Crippen molar-refractivity contribution >= 4 is 17.1 Å². The molecule has 0 aliphatic heterocycles. The lowest BCUT2D eigenvalue weighted by atomic mass is 10.1. The van der Waals surface area contributed by atoms with Gasteiger partial charge in [-0.15, -0.1) is 11.3 Å². The van der Waals surface area contributed by atoms with Gasteiger partial charge >= 0.3 is 0 Å². The number of aromatic nitrogens is 1. The van der Waals surface area contributed by atoms with E-state index in [1.165, 1.54) is 11.3 Å². The van der Waals surface area contributed by atoms with Crippen molar-refractivity contribution in [2.75, 3.05) is 0 Å². The molecule has 0 spiro atoms. The van der Waals surface area contributed by atoms with Crippen molar-refractivity contribution in [3.63, 3.8) is 0 Å². The van der Waals surface area contributed by atoms with Gasteiger partial charge in [-0.25, -0.2) is 0 Å². The molecule has 0 fully saturated rings. The number of nitrogens with zero attached hydrogens (tertiary/aromatic N) is 1. The summed E-state index contributed by atoms with van der Waals surface area (Å²) in [5.74, 6) is 0.0856. The first-order chi connectivity index (χ1) is 5.20. The van der Waals surface area contributed by atoms with Crippen molar-refractivity contribution in [1.29, 1.82) is 0 Å². The van der Waals surface area contributed by atoms with Crippen molar-refractivity contribution in [2.45, 2.75) is 19.4 Å². The van der Waals surface area contributed by atoms with E-state index < -0.39 is 0 Å². The first-order valence-corrected chi connectivity index (χ1v) is 4.25. The van der Waals surface area contributed by atoms with Crippen molar-refractivity contribution in [3.05, 3.63) is 16.6 Å². The van der Waals surface area contributed by atoms with E-state index >= 15 is 0 Å². The molecule has 0 aliphatic rings. The Morgan fingerprint density at radius 2 is 2.64 bits per heavy atom. The molecule has 0 saturated carbocycles. The van der Waals surface area contributed by atoms with Crippen molar-refractivity contribution in [1.82, 2.24) is 4.98 Å². The van der Waals surface area contributed by atoms with Crippen molar-refractivity contribution in [2.24, 2.45) is 5.73 Å². The highest BCUT2D eigenvalue weighted by atomic mass is 32.1. The van der Waals surface area contributed by atoms with Gasteiger partial charge in [-0.1, -0.05) is 0 Å². The van der Waals surface area contributed by atoms with Crippen LogP contribution in [0.5, 0.6) is 0 Å². The monoisotopic (exact) mass is 170 g/mol.